The third kappa shape index (κ3) is 2.57. The van der Waals surface area contributed by atoms with Crippen LogP contribution in [0.1, 0.15) is 24.9 Å². The molecule has 3 heterocycles. The van der Waals surface area contributed by atoms with Gasteiger partial charge < -0.3 is 10.3 Å². The summed E-state index contributed by atoms with van der Waals surface area (Å²) in [5, 5.41) is 11.9. The monoisotopic (exact) mass is 298 g/mol. The van der Waals surface area contributed by atoms with Gasteiger partial charge in [0.25, 0.3) is 5.89 Å². The van der Waals surface area contributed by atoms with E-state index in [9.17, 15) is 0 Å². The van der Waals surface area contributed by atoms with E-state index in [2.05, 4.69) is 39.2 Å². The molecule has 9 heteroatoms. The SMILES string of the molecule is CC1SCC(c2noc(-c3nc(N)n[nH]3)n2)SC1C. The maximum absolute atomic E-state index is 5.45. The van der Waals surface area contributed by atoms with Gasteiger partial charge in [-0.25, -0.2) is 0 Å². The maximum atomic E-state index is 5.45. The number of nitrogens with one attached hydrogen (secondary N) is 1. The zero-order valence-electron chi connectivity index (χ0n) is 10.5. The molecular formula is C10H14N6OS2. The van der Waals surface area contributed by atoms with Gasteiger partial charge in [-0.2, -0.15) is 21.7 Å². The molecule has 0 spiro atoms. The van der Waals surface area contributed by atoms with Gasteiger partial charge in [-0.3, -0.25) is 5.10 Å². The number of aromatic nitrogens is 5. The lowest BCUT2D eigenvalue weighted by molar-refractivity contribution is 0.420. The first-order chi connectivity index (χ1) is 9.13. The van der Waals surface area contributed by atoms with Crippen molar-refractivity contribution < 1.29 is 4.52 Å². The van der Waals surface area contributed by atoms with Crippen molar-refractivity contribution >= 4 is 29.5 Å². The molecule has 7 nitrogen and oxygen atoms in total. The van der Waals surface area contributed by atoms with Crippen LogP contribution >= 0.6 is 23.5 Å². The number of aromatic amines is 1. The standard InChI is InChI=1S/C10H14N6OS2/c1-4-5(2)19-6(3-18-4)7-12-9(17-16-7)8-13-10(11)15-14-8/h4-6H,3H2,1-2H3,(H3,11,13,14,15). The number of nitrogens with zero attached hydrogens (tertiary/aromatic N) is 4. The molecule has 3 atom stereocenters. The molecule has 19 heavy (non-hydrogen) atoms. The highest BCUT2D eigenvalue weighted by molar-refractivity contribution is 8.07. The van der Waals surface area contributed by atoms with Gasteiger partial charge in [0.2, 0.25) is 11.8 Å². The number of nitrogens with two attached hydrogens (primary N) is 1. The van der Waals surface area contributed by atoms with E-state index >= 15 is 0 Å². The normalized spacial score (nSPS) is 27.6. The van der Waals surface area contributed by atoms with Crippen LogP contribution in [0, 0.1) is 0 Å². The molecular weight excluding hydrogens is 284 g/mol. The zero-order chi connectivity index (χ0) is 13.4. The zero-order valence-corrected chi connectivity index (χ0v) is 12.2. The Bertz CT molecular complexity index is 570. The highest BCUT2D eigenvalue weighted by atomic mass is 32.2. The Morgan fingerprint density at radius 1 is 1.32 bits per heavy atom. The van der Waals surface area contributed by atoms with Crippen LogP contribution in [0.15, 0.2) is 4.52 Å². The van der Waals surface area contributed by atoms with Gasteiger partial charge >= 0.3 is 0 Å². The quantitative estimate of drug-likeness (QED) is 0.863. The highest BCUT2D eigenvalue weighted by Gasteiger charge is 2.30. The first-order valence-corrected chi connectivity index (χ1v) is 7.91. The summed E-state index contributed by atoms with van der Waals surface area (Å²) >= 11 is 3.82. The third-order valence-corrected chi connectivity index (χ3v) is 6.37. The van der Waals surface area contributed by atoms with Crippen molar-refractivity contribution in [2.24, 2.45) is 0 Å². The van der Waals surface area contributed by atoms with E-state index in [-0.39, 0.29) is 11.2 Å². The van der Waals surface area contributed by atoms with Crippen molar-refractivity contribution in [3.63, 3.8) is 0 Å². The van der Waals surface area contributed by atoms with E-state index in [1.54, 1.807) is 0 Å². The summed E-state index contributed by atoms with van der Waals surface area (Å²) in [6.07, 6.45) is 0. The second kappa shape index (κ2) is 5.04. The summed E-state index contributed by atoms with van der Waals surface area (Å²) in [4.78, 5) is 8.34. The topological polar surface area (TPSA) is 107 Å². The maximum Gasteiger partial charge on any atom is 0.295 e. The number of thioether (sulfide) groups is 2. The summed E-state index contributed by atoms with van der Waals surface area (Å²) in [5.41, 5.74) is 5.45. The molecule has 2 aromatic heterocycles. The van der Waals surface area contributed by atoms with Crippen LogP contribution in [0.5, 0.6) is 0 Å². The molecule has 0 aliphatic carbocycles. The third-order valence-electron chi connectivity index (χ3n) is 2.99. The number of anilines is 1. The molecule has 0 saturated carbocycles. The van der Waals surface area contributed by atoms with Crippen LogP contribution in [-0.2, 0) is 0 Å². The largest absolute Gasteiger partial charge is 0.366 e. The van der Waals surface area contributed by atoms with E-state index in [0.717, 1.165) is 5.75 Å². The summed E-state index contributed by atoms with van der Waals surface area (Å²) < 4.78 is 5.21. The van der Waals surface area contributed by atoms with Crippen molar-refractivity contribution in [2.75, 3.05) is 11.5 Å². The summed E-state index contributed by atoms with van der Waals surface area (Å²) in [7, 11) is 0. The fourth-order valence-corrected chi connectivity index (χ4v) is 4.58. The summed E-state index contributed by atoms with van der Waals surface area (Å²) in [5.74, 6) is 2.61. The van der Waals surface area contributed by atoms with Crippen LogP contribution in [0.25, 0.3) is 11.7 Å². The second-order valence-corrected chi connectivity index (χ2v) is 7.36. The minimum atomic E-state index is 0.166. The predicted molar refractivity (Wildman–Crippen MR) is 75.8 cm³/mol. The Kier molecular flexibility index (Phi) is 3.40. The molecule has 0 amide bonds. The molecule has 1 saturated heterocycles. The van der Waals surface area contributed by atoms with Crippen molar-refractivity contribution in [1.29, 1.82) is 0 Å². The predicted octanol–water partition coefficient (Wildman–Crippen LogP) is 1.73. The van der Waals surface area contributed by atoms with E-state index in [1.165, 1.54) is 0 Å². The van der Waals surface area contributed by atoms with Crippen molar-refractivity contribution in [3.05, 3.63) is 5.82 Å². The van der Waals surface area contributed by atoms with Crippen LogP contribution in [-0.4, -0.2) is 41.6 Å². The van der Waals surface area contributed by atoms with Gasteiger partial charge in [-0.1, -0.05) is 19.0 Å². The van der Waals surface area contributed by atoms with E-state index < -0.39 is 0 Å². The number of rotatable bonds is 2. The average molecular weight is 298 g/mol. The van der Waals surface area contributed by atoms with Gasteiger partial charge in [0, 0.05) is 16.3 Å². The molecule has 1 fully saturated rings. The van der Waals surface area contributed by atoms with Gasteiger partial charge in [0.1, 0.15) is 0 Å². The lowest BCUT2D eigenvalue weighted by Crippen LogP contribution is -2.22. The van der Waals surface area contributed by atoms with Crippen molar-refractivity contribution in [3.8, 4) is 11.7 Å². The van der Waals surface area contributed by atoms with Gasteiger partial charge in [0.15, 0.2) is 5.82 Å². The lowest BCUT2D eigenvalue weighted by Gasteiger charge is -2.29. The van der Waals surface area contributed by atoms with Crippen LogP contribution in [0.2, 0.25) is 0 Å². The van der Waals surface area contributed by atoms with Crippen LogP contribution in [0.4, 0.5) is 5.95 Å². The Hall–Kier alpha value is -1.22. The molecule has 3 N–H and O–H groups in total. The summed E-state index contributed by atoms with van der Waals surface area (Å²) in [6, 6.07) is 0. The molecule has 0 bridgehead atoms. The Balaban J connectivity index is 1.78. The van der Waals surface area contributed by atoms with Gasteiger partial charge in [-0.15, -0.1) is 16.9 Å². The minimum absolute atomic E-state index is 0.166. The molecule has 1 aliphatic heterocycles. The molecule has 102 valence electrons. The smallest absolute Gasteiger partial charge is 0.295 e. The molecule has 2 aromatic rings. The Morgan fingerprint density at radius 3 is 2.84 bits per heavy atom. The molecule has 0 radical (unpaired) electrons. The lowest BCUT2D eigenvalue weighted by atomic mass is 10.3. The number of H-pyrrole nitrogens is 1. The van der Waals surface area contributed by atoms with Crippen LogP contribution < -0.4 is 5.73 Å². The average Bonchev–Trinajstić information content (AvgIpc) is 3.01. The fraction of sp³-hybridized carbons (Fsp3) is 0.600. The molecule has 3 rings (SSSR count). The highest BCUT2D eigenvalue weighted by Crippen LogP contribution is 2.43. The molecule has 1 aliphatic rings. The van der Waals surface area contributed by atoms with Crippen LogP contribution in [0.3, 0.4) is 0 Å². The summed E-state index contributed by atoms with van der Waals surface area (Å²) in [6.45, 7) is 4.48. The number of hydrogen-bond donors (Lipinski definition) is 2. The van der Waals surface area contributed by atoms with E-state index in [0.29, 0.717) is 28.0 Å². The Morgan fingerprint density at radius 2 is 2.16 bits per heavy atom. The van der Waals surface area contributed by atoms with Crippen molar-refractivity contribution in [1.82, 2.24) is 25.3 Å². The first kappa shape index (κ1) is 12.8. The molecule has 3 unspecified atom stereocenters. The van der Waals surface area contributed by atoms with Gasteiger partial charge in [0.05, 0.1) is 5.25 Å². The minimum Gasteiger partial charge on any atom is -0.366 e. The molecule has 0 aromatic carbocycles. The fourth-order valence-electron chi connectivity index (χ4n) is 1.75. The van der Waals surface area contributed by atoms with E-state index in [1.807, 2.05) is 23.5 Å². The van der Waals surface area contributed by atoms with Crippen molar-refractivity contribution in [2.45, 2.75) is 29.6 Å². The second-order valence-electron chi connectivity index (χ2n) is 4.37. The van der Waals surface area contributed by atoms with Gasteiger partial charge in [-0.05, 0) is 0 Å². The number of nitrogen functional groups attached to an aromatic ring is 1. The Labute approximate surface area is 118 Å². The van der Waals surface area contributed by atoms with E-state index in [4.69, 9.17) is 10.3 Å². The number of hydrogen-bond acceptors (Lipinski definition) is 8. The first-order valence-electron chi connectivity index (χ1n) is 5.92.